The summed E-state index contributed by atoms with van der Waals surface area (Å²) in [7, 11) is 0. The van der Waals surface area contributed by atoms with E-state index in [-0.39, 0.29) is 83.3 Å². The van der Waals surface area contributed by atoms with Gasteiger partial charge in [0.2, 0.25) is 11.9 Å². The smallest absolute Gasteiger partial charge is 0.352 e. The average Bonchev–Trinajstić information content (AvgIpc) is 3.33. The summed E-state index contributed by atoms with van der Waals surface area (Å²) in [6.07, 6.45) is -3.78. The monoisotopic (exact) mass is 633 g/mol. The van der Waals surface area contributed by atoms with Crippen LogP contribution >= 0.6 is 23.2 Å². The van der Waals surface area contributed by atoms with Gasteiger partial charge in [-0.15, -0.1) is 0 Å². The molecule has 0 unspecified atom stereocenters. The maximum atomic E-state index is 15.0. The van der Waals surface area contributed by atoms with E-state index < -0.39 is 40.6 Å². The molecule has 228 valence electrons. The number of benzene rings is 2. The summed E-state index contributed by atoms with van der Waals surface area (Å²) < 4.78 is 68.5. The van der Waals surface area contributed by atoms with Gasteiger partial charge in [-0.05, 0) is 49.3 Å². The molecule has 1 saturated carbocycles. The summed E-state index contributed by atoms with van der Waals surface area (Å²) in [4.78, 5) is 31.8. The summed E-state index contributed by atoms with van der Waals surface area (Å²) in [5, 5.41) is 8.52. The minimum Gasteiger partial charge on any atom is -0.352 e. The number of H-pyrrole nitrogens is 1. The van der Waals surface area contributed by atoms with Gasteiger partial charge in [0.05, 0.1) is 32.7 Å². The molecule has 1 fully saturated rings. The van der Waals surface area contributed by atoms with Gasteiger partial charge in [0.25, 0.3) is 5.91 Å². The van der Waals surface area contributed by atoms with Crippen LogP contribution < -0.4 is 16.0 Å². The second-order valence-corrected chi connectivity index (χ2v) is 12.2. The molecule has 2 amide bonds. The molecule has 4 N–H and O–H groups in total. The number of aromatic amines is 1. The summed E-state index contributed by atoms with van der Waals surface area (Å²) in [5.41, 5.74) is -0.809. The van der Waals surface area contributed by atoms with Crippen LogP contribution in [0.25, 0.3) is 11.0 Å². The van der Waals surface area contributed by atoms with E-state index in [1.807, 2.05) is 0 Å². The van der Waals surface area contributed by atoms with E-state index in [1.165, 1.54) is 0 Å². The van der Waals surface area contributed by atoms with Crippen molar-refractivity contribution in [1.29, 1.82) is 0 Å². The first-order valence-electron chi connectivity index (χ1n) is 13.3. The van der Waals surface area contributed by atoms with Crippen molar-refractivity contribution >= 4 is 57.7 Å². The fourth-order valence-corrected chi connectivity index (χ4v) is 5.28. The number of hydrogen-bond donors (Lipinski definition) is 4. The molecule has 1 aromatic heterocycles. The predicted molar refractivity (Wildman–Crippen MR) is 151 cm³/mol. The zero-order valence-electron chi connectivity index (χ0n) is 23.0. The molecule has 2 aromatic carbocycles. The maximum Gasteiger partial charge on any atom is 0.391 e. The lowest BCUT2D eigenvalue weighted by atomic mass is 9.81. The normalized spacial score (nSPS) is 17.8. The average molecular weight is 634 g/mol. The van der Waals surface area contributed by atoms with Crippen LogP contribution in [0.1, 0.15) is 62.4 Å². The van der Waals surface area contributed by atoms with Crippen molar-refractivity contribution in [2.45, 2.75) is 59.2 Å². The van der Waals surface area contributed by atoms with Crippen LogP contribution in [0.2, 0.25) is 10.0 Å². The number of hydrogen-bond acceptors (Lipinski definition) is 4. The fraction of sp³-hybridized carbons (Fsp3) is 0.464. The second-order valence-electron chi connectivity index (χ2n) is 11.5. The number of imidazole rings is 1. The third-order valence-electron chi connectivity index (χ3n) is 7.30. The Hall–Kier alpha value is -3.12. The van der Waals surface area contributed by atoms with Crippen molar-refractivity contribution in [3.8, 4) is 0 Å². The highest BCUT2D eigenvalue weighted by atomic mass is 35.5. The van der Waals surface area contributed by atoms with Crippen molar-refractivity contribution in [3.63, 3.8) is 0 Å². The Labute approximate surface area is 248 Å². The number of nitrogens with one attached hydrogen (secondary N) is 4. The third-order valence-corrected chi connectivity index (χ3v) is 8.04. The van der Waals surface area contributed by atoms with E-state index in [1.54, 1.807) is 32.9 Å². The highest BCUT2D eigenvalue weighted by molar-refractivity contribution is 6.39. The summed E-state index contributed by atoms with van der Waals surface area (Å²) in [6.45, 7) is 5.46. The number of carbonyl (C=O) groups excluding carboxylic acids is 2. The molecule has 3 aromatic rings. The predicted octanol–water partition coefficient (Wildman–Crippen LogP) is 7.65. The van der Waals surface area contributed by atoms with Crippen molar-refractivity contribution in [2.24, 2.45) is 17.3 Å². The first kappa shape index (κ1) is 31.8. The third kappa shape index (κ3) is 7.08. The zero-order valence-corrected chi connectivity index (χ0v) is 24.6. The van der Waals surface area contributed by atoms with E-state index >= 15 is 0 Å². The number of halogens is 7. The second kappa shape index (κ2) is 12.2. The molecular formula is C28H30Cl2F5N5O2. The number of fused-ring (bicyclic) bond motifs is 1. The Morgan fingerprint density at radius 3 is 2.31 bits per heavy atom. The van der Waals surface area contributed by atoms with Crippen LogP contribution in [0.15, 0.2) is 18.2 Å². The Balaban J connectivity index is 1.48. The lowest BCUT2D eigenvalue weighted by molar-refractivity contribution is -0.183. The van der Waals surface area contributed by atoms with Crippen molar-refractivity contribution in [1.82, 2.24) is 20.6 Å². The molecule has 0 radical (unpaired) electrons. The summed E-state index contributed by atoms with van der Waals surface area (Å²) >= 11 is 12.8. The molecule has 0 atom stereocenters. The molecule has 1 aliphatic carbocycles. The van der Waals surface area contributed by atoms with Crippen LogP contribution in [0.4, 0.5) is 33.6 Å². The number of aromatic nitrogens is 2. The van der Waals surface area contributed by atoms with E-state index in [0.29, 0.717) is 5.56 Å². The summed E-state index contributed by atoms with van der Waals surface area (Å²) in [5.74, 6) is -5.45. The Bertz CT molecular complexity index is 1490. The van der Waals surface area contributed by atoms with Crippen LogP contribution in [-0.4, -0.2) is 34.5 Å². The molecule has 1 heterocycles. The maximum absolute atomic E-state index is 15.0. The fourth-order valence-electron chi connectivity index (χ4n) is 4.74. The van der Waals surface area contributed by atoms with Gasteiger partial charge in [-0.3, -0.25) is 9.59 Å². The minimum atomic E-state index is -4.24. The number of nitrogens with zero attached hydrogens (tertiary/aromatic N) is 1. The molecular weight excluding hydrogens is 604 g/mol. The number of rotatable bonds is 7. The molecule has 14 heteroatoms. The van der Waals surface area contributed by atoms with Gasteiger partial charge < -0.3 is 20.9 Å². The van der Waals surface area contributed by atoms with E-state index in [0.717, 1.165) is 6.07 Å². The largest absolute Gasteiger partial charge is 0.391 e. The molecule has 0 bridgehead atoms. The number of carbonyl (C=O) groups is 2. The quantitative estimate of drug-likeness (QED) is 0.201. The van der Waals surface area contributed by atoms with Crippen LogP contribution in [0.3, 0.4) is 0 Å². The molecule has 0 spiro atoms. The standard InChI is InChI=1S/C28H30Cl2F5N5O2/c1-27(2,3)25(42)37-12-14-6-9-17(29)22(19(14)30)39-26-38-18-10-16(20(31)21(32)23(18)40-26)24(41)36-11-13-4-7-15(8-5-13)28(33,34)35/h6,9-10,13,15H,4-5,7-8,11-12H2,1-3H3,(H,36,41)(H,37,42)(H2,38,39,40). The van der Waals surface area contributed by atoms with Crippen LogP contribution in [0, 0.1) is 28.9 Å². The Kier molecular flexibility index (Phi) is 9.27. The zero-order chi connectivity index (χ0) is 31.0. The van der Waals surface area contributed by atoms with Gasteiger partial charge in [-0.25, -0.2) is 13.8 Å². The van der Waals surface area contributed by atoms with Crippen molar-refractivity contribution < 1.29 is 31.5 Å². The van der Waals surface area contributed by atoms with Gasteiger partial charge in [-0.2, -0.15) is 13.2 Å². The summed E-state index contributed by atoms with van der Waals surface area (Å²) in [6, 6.07) is 4.29. The number of alkyl halides is 3. The molecule has 0 aliphatic heterocycles. The lowest BCUT2D eigenvalue weighted by Crippen LogP contribution is -2.34. The molecule has 4 rings (SSSR count). The number of anilines is 2. The van der Waals surface area contributed by atoms with Gasteiger partial charge in [-0.1, -0.05) is 50.0 Å². The minimum absolute atomic E-state index is 0.00748. The SMILES string of the molecule is CC(C)(C)C(=O)NCc1ccc(Cl)c(Nc2nc3c(F)c(F)c(C(=O)NCC4CCC(C(F)(F)F)CC4)cc3[nH]2)c1Cl. The molecule has 1 aliphatic rings. The lowest BCUT2D eigenvalue weighted by Gasteiger charge is -2.29. The van der Waals surface area contributed by atoms with Gasteiger partial charge in [0.1, 0.15) is 5.52 Å². The molecule has 0 saturated heterocycles. The topological polar surface area (TPSA) is 98.9 Å². The van der Waals surface area contributed by atoms with Crippen molar-refractivity contribution in [3.05, 3.63) is 51.0 Å². The van der Waals surface area contributed by atoms with E-state index in [2.05, 4.69) is 25.9 Å². The first-order chi connectivity index (χ1) is 19.6. The number of amides is 2. The van der Waals surface area contributed by atoms with Crippen LogP contribution in [0.5, 0.6) is 0 Å². The van der Waals surface area contributed by atoms with Gasteiger partial charge in [0.15, 0.2) is 11.6 Å². The highest BCUT2D eigenvalue weighted by Crippen LogP contribution is 2.39. The van der Waals surface area contributed by atoms with Crippen molar-refractivity contribution in [2.75, 3.05) is 11.9 Å². The molecule has 7 nitrogen and oxygen atoms in total. The highest BCUT2D eigenvalue weighted by Gasteiger charge is 2.41. The van der Waals surface area contributed by atoms with E-state index in [9.17, 15) is 31.5 Å². The Morgan fingerprint density at radius 1 is 1.02 bits per heavy atom. The van der Waals surface area contributed by atoms with Gasteiger partial charge in [0, 0.05) is 18.5 Å². The first-order valence-corrected chi connectivity index (χ1v) is 14.1. The van der Waals surface area contributed by atoms with Gasteiger partial charge >= 0.3 is 6.18 Å². The molecule has 42 heavy (non-hydrogen) atoms. The Morgan fingerprint density at radius 2 is 1.69 bits per heavy atom. The van der Waals surface area contributed by atoms with Crippen LogP contribution in [-0.2, 0) is 11.3 Å². The van der Waals surface area contributed by atoms with E-state index in [4.69, 9.17) is 23.2 Å².